The molecule has 1 aromatic heterocycles. The van der Waals surface area contributed by atoms with Crippen LogP contribution in [0.25, 0.3) is 11.1 Å². The number of hydrogen-bond donors (Lipinski definition) is 0. The summed E-state index contributed by atoms with van der Waals surface area (Å²) in [5.41, 5.74) is 2.09. The van der Waals surface area contributed by atoms with E-state index in [2.05, 4.69) is 15.9 Å². The van der Waals surface area contributed by atoms with E-state index in [-0.39, 0.29) is 0 Å². The van der Waals surface area contributed by atoms with Crippen LogP contribution in [0.4, 0.5) is 0 Å². The van der Waals surface area contributed by atoms with Crippen LogP contribution in [0, 0.1) is 0 Å². The van der Waals surface area contributed by atoms with Crippen LogP contribution in [-0.2, 0) is 0 Å². The maximum atomic E-state index is 10.7. The van der Waals surface area contributed by atoms with Gasteiger partial charge in [-0.25, -0.2) is 0 Å². The number of aldehydes is 1. The molecule has 0 fully saturated rings. The van der Waals surface area contributed by atoms with Gasteiger partial charge in [0.25, 0.3) is 0 Å². The minimum Gasteiger partial charge on any atom is -0.297 e. The van der Waals surface area contributed by atoms with Crippen molar-refractivity contribution < 1.29 is 4.79 Å². The maximum Gasteiger partial charge on any atom is 0.160 e. The molecular weight excluding hydrogens is 260 g/mol. The first-order valence-corrected chi connectivity index (χ1v) is 5.77. The van der Waals surface area contributed by atoms with Crippen molar-refractivity contribution in [2.75, 3.05) is 0 Å². The fourth-order valence-electron chi connectivity index (χ4n) is 1.28. The van der Waals surface area contributed by atoms with E-state index >= 15 is 0 Å². The van der Waals surface area contributed by atoms with E-state index in [0.29, 0.717) is 0 Å². The second-order valence-corrected chi connectivity index (χ2v) is 4.69. The summed E-state index contributed by atoms with van der Waals surface area (Å²) in [4.78, 5) is 11.5. The van der Waals surface area contributed by atoms with Gasteiger partial charge in [-0.05, 0) is 29.1 Å². The van der Waals surface area contributed by atoms with Crippen molar-refractivity contribution in [1.29, 1.82) is 0 Å². The number of thiophene rings is 1. The van der Waals surface area contributed by atoms with Crippen molar-refractivity contribution in [3.05, 3.63) is 45.1 Å². The highest BCUT2D eigenvalue weighted by Gasteiger charge is 2.04. The monoisotopic (exact) mass is 266 g/mol. The van der Waals surface area contributed by atoms with Crippen molar-refractivity contribution in [2.45, 2.75) is 0 Å². The zero-order valence-electron chi connectivity index (χ0n) is 7.24. The topological polar surface area (TPSA) is 17.1 Å². The number of carbonyl (C=O) groups is 1. The molecule has 1 nitrogen and oxygen atoms in total. The number of benzene rings is 1. The molecule has 2 rings (SSSR count). The van der Waals surface area contributed by atoms with E-state index in [4.69, 9.17) is 0 Å². The van der Waals surface area contributed by atoms with Gasteiger partial charge in [-0.2, -0.15) is 0 Å². The molecule has 0 aliphatic rings. The fourth-order valence-corrected chi connectivity index (χ4v) is 2.26. The molecule has 0 saturated heterocycles. The first kappa shape index (κ1) is 9.62. The molecule has 1 heterocycles. The van der Waals surface area contributed by atoms with E-state index in [9.17, 15) is 4.79 Å². The molecule has 0 unspecified atom stereocenters. The Morgan fingerprint density at radius 3 is 2.50 bits per heavy atom. The number of hydrogen-bond acceptors (Lipinski definition) is 2. The van der Waals surface area contributed by atoms with Crippen molar-refractivity contribution in [2.24, 2.45) is 0 Å². The van der Waals surface area contributed by atoms with Crippen LogP contribution in [0.5, 0.6) is 0 Å². The number of rotatable bonds is 2. The van der Waals surface area contributed by atoms with Gasteiger partial charge in [0.1, 0.15) is 0 Å². The number of halogens is 1. The van der Waals surface area contributed by atoms with Gasteiger partial charge < -0.3 is 0 Å². The van der Waals surface area contributed by atoms with Gasteiger partial charge in [0.05, 0.1) is 4.88 Å². The Balaban J connectivity index is 2.49. The minimum atomic E-state index is 0.785. The summed E-state index contributed by atoms with van der Waals surface area (Å²) in [6.45, 7) is 0. The van der Waals surface area contributed by atoms with Crippen molar-refractivity contribution in [3.8, 4) is 11.1 Å². The van der Waals surface area contributed by atoms with E-state index in [1.807, 2.05) is 35.7 Å². The van der Waals surface area contributed by atoms with Crippen LogP contribution in [-0.4, -0.2) is 6.29 Å². The molecule has 2 aromatic rings. The molecule has 0 bridgehead atoms. The second kappa shape index (κ2) is 4.07. The fraction of sp³-hybridized carbons (Fsp3) is 0. The zero-order valence-corrected chi connectivity index (χ0v) is 9.64. The van der Waals surface area contributed by atoms with Gasteiger partial charge in [-0.15, -0.1) is 11.3 Å². The highest BCUT2D eigenvalue weighted by molar-refractivity contribution is 9.10. The number of carbonyl (C=O) groups excluding carboxylic acids is 1. The minimum absolute atomic E-state index is 0.785. The molecule has 0 atom stereocenters. The largest absolute Gasteiger partial charge is 0.297 e. The lowest BCUT2D eigenvalue weighted by Crippen LogP contribution is -1.79. The maximum absolute atomic E-state index is 10.7. The average molecular weight is 267 g/mol. The van der Waals surface area contributed by atoms with E-state index in [0.717, 1.165) is 26.8 Å². The molecule has 0 amide bonds. The molecule has 0 saturated carbocycles. The quantitative estimate of drug-likeness (QED) is 0.752. The Hall–Kier alpha value is -0.930. The van der Waals surface area contributed by atoms with Gasteiger partial charge in [0, 0.05) is 10.0 Å². The summed E-state index contributed by atoms with van der Waals surface area (Å²) in [7, 11) is 0. The molecule has 0 N–H and O–H groups in total. The van der Waals surface area contributed by atoms with E-state index < -0.39 is 0 Å². The predicted molar refractivity (Wildman–Crippen MR) is 62.8 cm³/mol. The van der Waals surface area contributed by atoms with Crippen LogP contribution >= 0.6 is 27.3 Å². The Morgan fingerprint density at radius 1 is 1.14 bits per heavy atom. The van der Waals surface area contributed by atoms with Crippen molar-refractivity contribution in [1.82, 2.24) is 0 Å². The zero-order chi connectivity index (χ0) is 9.97. The van der Waals surface area contributed by atoms with Crippen LogP contribution in [0.15, 0.2) is 40.2 Å². The Bertz CT molecular complexity index is 445. The lowest BCUT2D eigenvalue weighted by molar-refractivity contribution is 0.112. The van der Waals surface area contributed by atoms with Crippen molar-refractivity contribution in [3.63, 3.8) is 0 Å². The molecule has 70 valence electrons. The van der Waals surface area contributed by atoms with Crippen LogP contribution in [0.2, 0.25) is 0 Å². The van der Waals surface area contributed by atoms with Crippen molar-refractivity contribution >= 4 is 33.6 Å². The van der Waals surface area contributed by atoms with Crippen LogP contribution in [0.3, 0.4) is 0 Å². The molecule has 14 heavy (non-hydrogen) atoms. The molecule has 0 aliphatic heterocycles. The Kier molecular flexibility index (Phi) is 2.79. The summed E-state index contributed by atoms with van der Waals surface area (Å²) in [6.07, 6.45) is 0.905. The summed E-state index contributed by atoms with van der Waals surface area (Å²) in [5, 5.41) is 1.93. The molecular formula is C11H7BrOS. The molecule has 0 radical (unpaired) electrons. The Morgan fingerprint density at radius 2 is 1.86 bits per heavy atom. The summed E-state index contributed by atoms with van der Waals surface area (Å²) in [6, 6.07) is 9.92. The van der Waals surface area contributed by atoms with Gasteiger partial charge in [-0.1, -0.05) is 28.1 Å². The standard InChI is InChI=1S/C11H7BrOS/c12-9-3-1-8(2-4-9)10-5-6-14-11(10)7-13/h1-7H. The SMILES string of the molecule is O=Cc1sccc1-c1ccc(Br)cc1. The Labute approximate surface area is 94.5 Å². The third-order valence-electron chi connectivity index (χ3n) is 1.96. The molecule has 0 aliphatic carbocycles. The lowest BCUT2D eigenvalue weighted by atomic mass is 10.1. The van der Waals surface area contributed by atoms with Crippen LogP contribution in [0.1, 0.15) is 9.67 Å². The smallest absolute Gasteiger partial charge is 0.160 e. The average Bonchev–Trinajstić information content (AvgIpc) is 2.67. The molecule has 0 spiro atoms. The normalized spacial score (nSPS) is 10.1. The van der Waals surface area contributed by atoms with Gasteiger partial charge in [0.2, 0.25) is 0 Å². The summed E-state index contributed by atoms with van der Waals surface area (Å²) < 4.78 is 1.05. The van der Waals surface area contributed by atoms with E-state index in [1.165, 1.54) is 11.3 Å². The first-order valence-electron chi connectivity index (χ1n) is 4.10. The van der Waals surface area contributed by atoms with Crippen LogP contribution < -0.4 is 0 Å². The van der Waals surface area contributed by atoms with E-state index in [1.54, 1.807) is 0 Å². The third-order valence-corrected chi connectivity index (χ3v) is 3.33. The van der Waals surface area contributed by atoms with Gasteiger partial charge in [0.15, 0.2) is 6.29 Å². The second-order valence-electron chi connectivity index (χ2n) is 2.82. The molecule has 1 aromatic carbocycles. The molecule has 3 heteroatoms. The third kappa shape index (κ3) is 1.79. The highest BCUT2D eigenvalue weighted by Crippen LogP contribution is 2.27. The first-order chi connectivity index (χ1) is 6.81. The predicted octanol–water partition coefficient (Wildman–Crippen LogP) is 3.99. The summed E-state index contributed by atoms with van der Waals surface area (Å²) in [5.74, 6) is 0. The highest BCUT2D eigenvalue weighted by atomic mass is 79.9. The van der Waals surface area contributed by atoms with Gasteiger partial charge >= 0.3 is 0 Å². The lowest BCUT2D eigenvalue weighted by Gasteiger charge is -1.99. The van der Waals surface area contributed by atoms with Gasteiger partial charge in [-0.3, -0.25) is 4.79 Å². The summed E-state index contributed by atoms with van der Waals surface area (Å²) >= 11 is 4.85.